The minimum atomic E-state index is 0.0910. The van der Waals surface area contributed by atoms with Crippen molar-refractivity contribution in [2.45, 2.75) is 32.6 Å². The van der Waals surface area contributed by atoms with Crippen LogP contribution in [0, 0.1) is 0 Å². The van der Waals surface area contributed by atoms with Crippen molar-refractivity contribution in [1.82, 2.24) is 4.90 Å². The van der Waals surface area contributed by atoms with Crippen LogP contribution in [0.15, 0.2) is 18.2 Å². The molecule has 0 spiro atoms. The highest BCUT2D eigenvalue weighted by molar-refractivity contribution is 5.95. The molecule has 1 aliphatic heterocycles. The Bertz CT molecular complexity index is 451. The van der Waals surface area contributed by atoms with Gasteiger partial charge < -0.3 is 14.4 Å². The summed E-state index contributed by atoms with van der Waals surface area (Å²) < 4.78 is 10.8. The lowest BCUT2D eigenvalue weighted by Gasteiger charge is -2.21. The molecule has 1 saturated heterocycles. The number of carbonyl (C=O) groups is 1. The number of carbonyl (C=O) groups excluding carboxylic acids is 1. The average Bonchev–Trinajstić information content (AvgIpc) is 2.76. The molecular formula is C16H23NO3. The molecule has 4 nitrogen and oxygen atoms in total. The molecule has 1 aliphatic rings. The molecule has 1 aromatic rings. The first kappa shape index (κ1) is 14.7. The number of hydrogen-bond donors (Lipinski definition) is 0. The molecule has 20 heavy (non-hydrogen) atoms. The van der Waals surface area contributed by atoms with Gasteiger partial charge in [-0.1, -0.05) is 12.8 Å². The smallest absolute Gasteiger partial charge is 0.253 e. The van der Waals surface area contributed by atoms with Crippen LogP contribution in [-0.4, -0.2) is 37.6 Å². The van der Waals surface area contributed by atoms with Crippen LogP contribution in [0.5, 0.6) is 11.5 Å². The molecule has 1 heterocycles. The van der Waals surface area contributed by atoms with Crippen molar-refractivity contribution in [3.05, 3.63) is 23.8 Å². The predicted octanol–water partition coefficient (Wildman–Crippen LogP) is 3.11. The first-order valence-corrected chi connectivity index (χ1v) is 7.36. The molecule has 1 aromatic carbocycles. The number of methoxy groups -OCH3 is 1. The number of likely N-dealkylation sites (tertiary alicyclic amines) is 1. The van der Waals surface area contributed by atoms with Crippen LogP contribution >= 0.6 is 0 Å². The molecule has 4 heteroatoms. The maximum Gasteiger partial charge on any atom is 0.253 e. The number of nitrogens with zero attached hydrogens (tertiary/aromatic N) is 1. The van der Waals surface area contributed by atoms with E-state index in [1.807, 2.05) is 24.0 Å². The lowest BCUT2D eigenvalue weighted by Crippen LogP contribution is -2.31. The second-order valence-electron chi connectivity index (χ2n) is 5.01. The minimum Gasteiger partial charge on any atom is -0.493 e. The largest absolute Gasteiger partial charge is 0.493 e. The summed E-state index contributed by atoms with van der Waals surface area (Å²) in [6, 6.07) is 5.41. The highest BCUT2D eigenvalue weighted by Crippen LogP contribution is 2.28. The first-order chi connectivity index (χ1) is 9.76. The summed E-state index contributed by atoms with van der Waals surface area (Å²) in [5.74, 6) is 1.39. The van der Waals surface area contributed by atoms with Gasteiger partial charge in [0.05, 0.1) is 13.7 Å². The highest BCUT2D eigenvalue weighted by atomic mass is 16.5. The second-order valence-corrected chi connectivity index (χ2v) is 5.01. The molecule has 110 valence electrons. The Balaban J connectivity index is 2.16. The van der Waals surface area contributed by atoms with Gasteiger partial charge in [0.15, 0.2) is 11.5 Å². The van der Waals surface area contributed by atoms with Crippen LogP contribution in [0.2, 0.25) is 0 Å². The maximum atomic E-state index is 12.5. The van der Waals surface area contributed by atoms with E-state index in [0.29, 0.717) is 23.7 Å². The zero-order valence-electron chi connectivity index (χ0n) is 12.4. The van der Waals surface area contributed by atoms with Gasteiger partial charge in [-0.05, 0) is 38.0 Å². The lowest BCUT2D eigenvalue weighted by atomic mass is 10.1. The Hall–Kier alpha value is -1.71. The summed E-state index contributed by atoms with van der Waals surface area (Å²) >= 11 is 0. The van der Waals surface area contributed by atoms with Crippen molar-refractivity contribution < 1.29 is 14.3 Å². The fourth-order valence-corrected chi connectivity index (χ4v) is 2.53. The zero-order valence-corrected chi connectivity index (χ0v) is 12.4. The van der Waals surface area contributed by atoms with Crippen molar-refractivity contribution in [1.29, 1.82) is 0 Å². The van der Waals surface area contributed by atoms with Crippen LogP contribution in [0.25, 0.3) is 0 Å². The van der Waals surface area contributed by atoms with E-state index in [2.05, 4.69) is 0 Å². The number of hydrogen-bond acceptors (Lipinski definition) is 3. The summed E-state index contributed by atoms with van der Waals surface area (Å²) in [6.07, 6.45) is 4.63. The summed E-state index contributed by atoms with van der Waals surface area (Å²) in [5, 5.41) is 0. The van der Waals surface area contributed by atoms with Crippen molar-refractivity contribution >= 4 is 5.91 Å². The zero-order chi connectivity index (χ0) is 14.4. The molecule has 0 unspecified atom stereocenters. The third kappa shape index (κ3) is 3.44. The average molecular weight is 277 g/mol. The van der Waals surface area contributed by atoms with Gasteiger partial charge in [0.2, 0.25) is 0 Å². The monoisotopic (exact) mass is 277 g/mol. The fraction of sp³-hybridized carbons (Fsp3) is 0.562. The highest BCUT2D eigenvalue weighted by Gasteiger charge is 2.18. The standard InChI is InChI=1S/C16H23NO3/c1-3-20-14-9-8-13(12-15(14)19-2)16(18)17-10-6-4-5-7-11-17/h8-9,12H,3-7,10-11H2,1-2H3. The van der Waals surface area contributed by atoms with E-state index in [9.17, 15) is 4.79 Å². The van der Waals surface area contributed by atoms with Crippen molar-refractivity contribution in [2.75, 3.05) is 26.8 Å². The third-order valence-corrected chi connectivity index (χ3v) is 3.60. The van der Waals surface area contributed by atoms with Gasteiger partial charge in [-0.25, -0.2) is 0 Å². The Labute approximate surface area is 120 Å². The van der Waals surface area contributed by atoms with E-state index in [0.717, 1.165) is 25.9 Å². The van der Waals surface area contributed by atoms with Gasteiger partial charge in [0.25, 0.3) is 5.91 Å². The van der Waals surface area contributed by atoms with Gasteiger partial charge in [-0.2, -0.15) is 0 Å². The van der Waals surface area contributed by atoms with Crippen LogP contribution in [-0.2, 0) is 0 Å². The topological polar surface area (TPSA) is 38.8 Å². The molecule has 1 fully saturated rings. The van der Waals surface area contributed by atoms with Crippen LogP contribution in [0.3, 0.4) is 0 Å². The predicted molar refractivity (Wildman–Crippen MR) is 78.5 cm³/mol. The van der Waals surface area contributed by atoms with Crippen LogP contribution in [0.1, 0.15) is 43.0 Å². The molecule has 0 atom stereocenters. The summed E-state index contributed by atoms with van der Waals surface area (Å²) in [4.78, 5) is 14.5. The van der Waals surface area contributed by atoms with E-state index in [1.54, 1.807) is 13.2 Å². The summed E-state index contributed by atoms with van der Waals surface area (Å²) in [7, 11) is 1.60. The normalized spacial score (nSPS) is 15.6. The van der Waals surface area contributed by atoms with Crippen molar-refractivity contribution in [2.24, 2.45) is 0 Å². The van der Waals surface area contributed by atoms with Gasteiger partial charge in [-0.3, -0.25) is 4.79 Å². The third-order valence-electron chi connectivity index (χ3n) is 3.60. The van der Waals surface area contributed by atoms with E-state index in [-0.39, 0.29) is 5.91 Å². The van der Waals surface area contributed by atoms with E-state index in [1.165, 1.54) is 12.8 Å². The molecule has 1 amide bonds. The molecule has 0 saturated carbocycles. The van der Waals surface area contributed by atoms with Crippen LogP contribution < -0.4 is 9.47 Å². The van der Waals surface area contributed by atoms with E-state index >= 15 is 0 Å². The Kier molecular flexibility index (Phi) is 5.27. The van der Waals surface area contributed by atoms with Gasteiger partial charge in [0.1, 0.15) is 0 Å². The maximum absolute atomic E-state index is 12.5. The lowest BCUT2D eigenvalue weighted by molar-refractivity contribution is 0.0761. The second kappa shape index (κ2) is 7.17. The minimum absolute atomic E-state index is 0.0910. The number of ether oxygens (including phenoxy) is 2. The molecule has 0 radical (unpaired) electrons. The number of rotatable bonds is 4. The Morgan fingerprint density at radius 1 is 1.15 bits per heavy atom. The van der Waals surface area contributed by atoms with E-state index < -0.39 is 0 Å². The van der Waals surface area contributed by atoms with Crippen molar-refractivity contribution in [3.8, 4) is 11.5 Å². The Morgan fingerprint density at radius 3 is 2.45 bits per heavy atom. The molecule has 0 N–H and O–H groups in total. The molecular weight excluding hydrogens is 254 g/mol. The molecule has 2 rings (SSSR count). The van der Waals surface area contributed by atoms with E-state index in [4.69, 9.17) is 9.47 Å². The quantitative estimate of drug-likeness (QED) is 0.849. The van der Waals surface area contributed by atoms with Gasteiger partial charge in [-0.15, -0.1) is 0 Å². The van der Waals surface area contributed by atoms with Crippen LogP contribution in [0.4, 0.5) is 0 Å². The SMILES string of the molecule is CCOc1ccc(C(=O)N2CCCCCC2)cc1OC. The Morgan fingerprint density at radius 2 is 1.85 bits per heavy atom. The first-order valence-electron chi connectivity index (χ1n) is 7.36. The van der Waals surface area contributed by atoms with Gasteiger partial charge >= 0.3 is 0 Å². The van der Waals surface area contributed by atoms with Gasteiger partial charge in [0, 0.05) is 18.7 Å². The molecule has 0 bridgehead atoms. The summed E-state index contributed by atoms with van der Waals surface area (Å²) in [6.45, 7) is 4.22. The summed E-state index contributed by atoms with van der Waals surface area (Å²) in [5.41, 5.74) is 0.673. The number of amides is 1. The fourth-order valence-electron chi connectivity index (χ4n) is 2.53. The number of benzene rings is 1. The van der Waals surface area contributed by atoms with Crippen molar-refractivity contribution in [3.63, 3.8) is 0 Å². The molecule has 0 aliphatic carbocycles. The molecule has 0 aromatic heterocycles.